The molecule has 96 valence electrons. The molecule has 0 aliphatic heterocycles. The van der Waals surface area contributed by atoms with Crippen LogP contribution in [0.1, 0.15) is 35.3 Å². The molecular formula is C15H20N2O. The fourth-order valence-corrected chi connectivity index (χ4v) is 2.08. The summed E-state index contributed by atoms with van der Waals surface area (Å²) >= 11 is 0. The monoisotopic (exact) mass is 244 g/mol. The topological polar surface area (TPSA) is 38.1 Å². The predicted molar refractivity (Wildman–Crippen MR) is 72.3 cm³/mol. The van der Waals surface area contributed by atoms with Crippen LogP contribution in [-0.4, -0.2) is 4.98 Å². The van der Waals surface area contributed by atoms with Gasteiger partial charge in [-0.05, 0) is 19.4 Å². The van der Waals surface area contributed by atoms with Crippen molar-refractivity contribution in [2.24, 2.45) is 0 Å². The Morgan fingerprint density at radius 2 is 1.83 bits per heavy atom. The van der Waals surface area contributed by atoms with Crippen LogP contribution >= 0.6 is 0 Å². The van der Waals surface area contributed by atoms with Crippen molar-refractivity contribution in [2.45, 2.75) is 40.3 Å². The van der Waals surface area contributed by atoms with E-state index in [2.05, 4.69) is 49.3 Å². The largest absolute Gasteiger partial charge is 0.444 e. The zero-order valence-corrected chi connectivity index (χ0v) is 11.3. The first-order valence-electron chi connectivity index (χ1n) is 6.39. The van der Waals surface area contributed by atoms with Gasteiger partial charge < -0.3 is 9.73 Å². The van der Waals surface area contributed by atoms with E-state index in [-0.39, 0.29) is 0 Å². The number of rotatable bonds is 5. The minimum absolute atomic E-state index is 0.674. The Morgan fingerprint density at radius 3 is 2.44 bits per heavy atom. The molecule has 18 heavy (non-hydrogen) atoms. The summed E-state index contributed by atoms with van der Waals surface area (Å²) in [5.74, 6) is 1.70. The molecule has 0 bridgehead atoms. The molecule has 0 unspecified atom stereocenters. The molecule has 0 fully saturated rings. The van der Waals surface area contributed by atoms with E-state index < -0.39 is 0 Å². The maximum atomic E-state index is 5.54. The zero-order chi connectivity index (χ0) is 13.0. The van der Waals surface area contributed by atoms with E-state index in [1.165, 1.54) is 16.7 Å². The number of nitrogens with zero attached hydrogens (tertiary/aromatic N) is 1. The third-order valence-corrected chi connectivity index (χ3v) is 2.84. The maximum absolute atomic E-state index is 5.54. The second-order valence-electron chi connectivity index (χ2n) is 4.67. The highest BCUT2D eigenvalue weighted by Gasteiger charge is 2.02. The Balaban J connectivity index is 1.88. The number of hydrogen-bond donors (Lipinski definition) is 1. The highest BCUT2D eigenvalue weighted by atomic mass is 16.4. The maximum Gasteiger partial charge on any atom is 0.208 e. The minimum Gasteiger partial charge on any atom is -0.444 e. The number of nitrogens with one attached hydrogen (secondary N) is 1. The Morgan fingerprint density at radius 1 is 1.11 bits per heavy atom. The summed E-state index contributed by atoms with van der Waals surface area (Å²) in [7, 11) is 0. The molecule has 2 rings (SSSR count). The Labute approximate surface area is 108 Å². The lowest BCUT2D eigenvalue weighted by molar-refractivity contribution is 0.439. The van der Waals surface area contributed by atoms with Gasteiger partial charge in [-0.25, -0.2) is 4.98 Å². The van der Waals surface area contributed by atoms with E-state index in [1.807, 2.05) is 0 Å². The van der Waals surface area contributed by atoms with Gasteiger partial charge in [0.05, 0.1) is 12.7 Å². The molecule has 0 radical (unpaired) electrons. The molecule has 3 heteroatoms. The van der Waals surface area contributed by atoms with Crippen molar-refractivity contribution < 1.29 is 4.42 Å². The van der Waals surface area contributed by atoms with Crippen LogP contribution in [0.4, 0.5) is 0 Å². The first-order valence-corrected chi connectivity index (χ1v) is 6.39. The van der Waals surface area contributed by atoms with Gasteiger partial charge in [0, 0.05) is 13.0 Å². The van der Waals surface area contributed by atoms with Crippen LogP contribution in [0.5, 0.6) is 0 Å². The van der Waals surface area contributed by atoms with E-state index in [9.17, 15) is 0 Å². The van der Waals surface area contributed by atoms with Crippen LogP contribution in [0.15, 0.2) is 28.8 Å². The first-order chi connectivity index (χ1) is 8.67. The Hall–Kier alpha value is -1.61. The molecule has 1 N–H and O–H groups in total. The lowest BCUT2D eigenvalue weighted by atomic mass is 10.1. The van der Waals surface area contributed by atoms with Gasteiger partial charge in [-0.15, -0.1) is 0 Å². The highest BCUT2D eigenvalue weighted by Crippen LogP contribution is 2.09. The average molecular weight is 244 g/mol. The third-order valence-electron chi connectivity index (χ3n) is 2.84. The van der Waals surface area contributed by atoms with E-state index in [0.29, 0.717) is 6.54 Å². The molecule has 0 aliphatic rings. The fourth-order valence-electron chi connectivity index (χ4n) is 2.08. The van der Waals surface area contributed by atoms with E-state index in [0.717, 1.165) is 24.6 Å². The van der Waals surface area contributed by atoms with Crippen molar-refractivity contribution in [3.63, 3.8) is 0 Å². The van der Waals surface area contributed by atoms with Crippen molar-refractivity contribution in [1.29, 1.82) is 0 Å². The molecule has 0 atom stereocenters. The van der Waals surface area contributed by atoms with Crippen LogP contribution in [0.3, 0.4) is 0 Å². The van der Waals surface area contributed by atoms with E-state index >= 15 is 0 Å². The number of hydrogen-bond acceptors (Lipinski definition) is 3. The lowest BCUT2D eigenvalue weighted by Crippen LogP contribution is -2.13. The zero-order valence-electron chi connectivity index (χ0n) is 11.3. The highest BCUT2D eigenvalue weighted by molar-refractivity contribution is 5.28. The van der Waals surface area contributed by atoms with Crippen molar-refractivity contribution in [2.75, 3.05) is 0 Å². The normalized spacial score (nSPS) is 10.8. The smallest absolute Gasteiger partial charge is 0.208 e. The summed E-state index contributed by atoms with van der Waals surface area (Å²) in [4.78, 5) is 4.22. The first kappa shape index (κ1) is 12.8. The van der Waals surface area contributed by atoms with Crippen molar-refractivity contribution in [3.05, 3.63) is 52.7 Å². The molecule has 1 aromatic heterocycles. The quantitative estimate of drug-likeness (QED) is 0.878. The van der Waals surface area contributed by atoms with Crippen LogP contribution < -0.4 is 5.32 Å². The summed E-state index contributed by atoms with van der Waals surface area (Å²) < 4.78 is 5.54. The van der Waals surface area contributed by atoms with Gasteiger partial charge in [-0.1, -0.05) is 36.2 Å². The van der Waals surface area contributed by atoms with Crippen molar-refractivity contribution in [3.8, 4) is 0 Å². The standard InChI is InChI=1S/C15H20N2O/c1-4-14-9-17-15(18-14)10-16-8-13-6-11(2)5-12(3)7-13/h5-7,9,16H,4,8,10H2,1-3H3. The van der Waals surface area contributed by atoms with Gasteiger partial charge >= 0.3 is 0 Å². The van der Waals surface area contributed by atoms with Gasteiger partial charge in [0.15, 0.2) is 0 Å². The average Bonchev–Trinajstić information content (AvgIpc) is 2.76. The number of oxazole rings is 1. The van der Waals surface area contributed by atoms with Crippen molar-refractivity contribution in [1.82, 2.24) is 10.3 Å². The summed E-state index contributed by atoms with van der Waals surface area (Å²) in [6, 6.07) is 6.59. The van der Waals surface area contributed by atoms with Crippen LogP contribution in [0.2, 0.25) is 0 Å². The van der Waals surface area contributed by atoms with Gasteiger partial charge in [0.1, 0.15) is 5.76 Å². The molecule has 0 spiro atoms. The third kappa shape index (κ3) is 3.44. The second-order valence-corrected chi connectivity index (χ2v) is 4.67. The number of benzene rings is 1. The van der Waals surface area contributed by atoms with Crippen LogP contribution in [0, 0.1) is 13.8 Å². The molecule has 2 aromatic rings. The number of aryl methyl sites for hydroxylation is 3. The van der Waals surface area contributed by atoms with Crippen LogP contribution in [-0.2, 0) is 19.5 Å². The van der Waals surface area contributed by atoms with Gasteiger partial charge in [-0.3, -0.25) is 0 Å². The molecule has 1 aromatic carbocycles. The molecule has 0 amide bonds. The Bertz CT molecular complexity index is 497. The number of aromatic nitrogens is 1. The minimum atomic E-state index is 0.674. The molecular weight excluding hydrogens is 224 g/mol. The summed E-state index contributed by atoms with van der Waals surface area (Å²) in [5.41, 5.74) is 3.90. The second kappa shape index (κ2) is 5.83. The SMILES string of the molecule is CCc1cnc(CNCc2cc(C)cc(C)c2)o1. The van der Waals surface area contributed by atoms with E-state index in [4.69, 9.17) is 4.42 Å². The molecule has 0 saturated carbocycles. The molecule has 0 saturated heterocycles. The molecule has 1 heterocycles. The Kier molecular flexibility index (Phi) is 4.15. The lowest BCUT2D eigenvalue weighted by Gasteiger charge is -2.05. The van der Waals surface area contributed by atoms with E-state index in [1.54, 1.807) is 6.20 Å². The summed E-state index contributed by atoms with van der Waals surface area (Å²) in [5, 5.41) is 3.35. The molecule has 3 nitrogen and oxygen atoms in total. The van der Waals surface area contributed by atoms with Gasteiger partial charge in [0.2, 0.25) is 5.89 Å². The predicted octanol–water partition coefficient (Wildman–Crippen LogP) is 3.14. The van der Waals surface area contributed by atoms with Crippen molar-refractivity contribution >= 4 is 0 Å². The molecule has 0 aliphatic carbocycles. The summed E-state index contributed by atoms with van der Waals surface area (Å²) in [6.45, 7) is 7.82. The fraction of sp³-hybridized carbons (Fsp3) is 0.400. The van der Waals surface area contributed by atoms with Gasteiger partial charge in [-0.2, -0.15) is 0 Å². The van der Waals surface area contributed by atoms with Gasteiger partial charge in [0.25, 0.3) is 0 Å². The summed E-state index contributed by atoms with van der Waals surface area (Å²) in [6.07, 6.45) is 2.69. The van der Waals surface area contributed by atoms with Crippen LogP contribution in [0.25, 0.3) is 0 Å².